The fourth-order valence-electron chi connectivity index (χ4n) is 2.60. The summed E-state index contributed by atoms with van der Waals surface area (Å²) in [6.07, 6.45) is 1.99. The van der Waals surface area contributed by atoms with Gasteiger partial charge in [-0.05, 0) is 30.0 Å². The van der Waals surface area contributed by atoms with E-state index in [4.69, 9.17) is 4.98 Å². The van der Waals surface area contributed by atoms with Crippen LogP contribution in [-0.4, -0.2) is 27.6 Å². The van der Waals surface area contributed by atoms with Gasteiger partial charge in [-0.15, -0.1) is 0 Å². The average Bonchev–Trinajstić information content (AvgIpc) is 2.85. The van der Waals surface area contributed by atoms with Crippen LogP contribution in [-0.2, 0) is 12.8 Å². The summed E-state index contributed by atoms with van der Waals surface area (Å²) >= 11 is 1.65. The molecule has 3 aromatic rings. The monoisotopic (exact) mass is 328 g/mol. The van der Waals surface area contributed by atoms with Gasteiger partial charge in [-0.3, -0.25) is 13.3 Å². The van der Waals surface area contributed by atoms with Crippen LogP contribution in [0.25, 0.3) is 11.0 Å². The molecule has 0 saturated carbocycles. The third kappa shape index (κ3) is 2.86. The summed E-state index contributed by atoms with van der Waals surface area (Å²) < 4.78 is 3.60. The minimum Gasteiger partial charge on any atom is -0.348 e. The van der Waals surface area contributed by atoms with Gasteiger partial charge in [0, 0.05) is 33.1 Å². The van der Waals surface area contributed by atoms with Crippen molar-refractivity contribution in [3.05, 3.63) is 58.0 Å². The maximum absolute atomic E-state index is 12.6. The van der Waals surface area contributed by atoms with Crippen molar-refractivity contribution in [1.82, 2.24) is 13.5 Å². The number of aromatic nitrogens is 3. The second-order valence-electron chi connectivity index (χ2n) is 5.77. The first-order valence-corrected chi connectivity index (χ1v) is 8.36. The standard InChI is InChI=1S/C17H20N4OS/c1-12-10-21(23-11-13-8-6-5-7-9-13)15-14(12)16(22)20(4)17(18-15)19(2)3/h5-10H,11H2,1-4H3. The van der Waals surface area contributed by atoms with E-state index in [1.165, 1.54) is 5.56 Å². The summed E-state index contributed by atoms with van der Waals surface area (Å²) in [4.78, 5) is 19.2. The van der Waals surface area contributed by atoms with Gasteiger partial charge in [0.25, 0.3) is 5.56 Å². The molecule has 0 aliphatic carbocycles. The van der Waals surface area contributed by atoms with E-state index in [9.17, 15) is 4.79 Å². The SMILES string of the molecule is Cc1cn(SCc2ccccc2)c2nc(N(C)C)n(C)c(=O)c12. The Morgan fingerprint density at radius 3 is 2.57 bits per heavy atom. The highest BCUT2D eigenvalue weighted by Gasteiger charge is 2.16. The summed E-state index contributed by atoms with van der Waals surface area (Å²) in [5, 5.41) is 0.693. The predicted octanol–water partition coefficient (Wildman–Crippen LogP) is 2.81. The summed E-state index contributed by atoms with van der Waals surface area (Å²) in [5.74, 6) is 1.49. The van der Waals surface area contributed by atoms with Gasteiger partial charge in [-0.25, -0.2) is 0 Å². The highest BCUT2D eigenvalue weighted by molar-refractivity contribution is 7.97. The Morgan fingerprint density at radius 2 is 1.91 bits per heavy atom. The third-order valence-electron chi connectivity index (χ3n) is 3.78. The molecule has 0 bridgehead atoms. The van der Waals surface area contributed by atoms with Crippen LogP contribution in [0.5, 0.6) is 0 Å². The number of anilines is 1. The Balaban J connectivity index is 2.06. The van der Waals surface area contributed by atoms with Crippen molar-refractivity contribution >= 4 is 28.9 Å². The minimum atomic E-state index is -0.00439. The molecule has 5 nitrogen and oxygen atoms in total. The number of benzene rings is 1. The zero-order valence-electron chi connectivity index (χ0n) is 13.8. The molecular formula is C17H20N4OS. The van der Waals surface area contributed by atoms with E-state index in [2.05, 4.69) is 12.1 Å². The number of aryl methyl sites for hydroxylation is 1. The zero-order chi connectivity index (χ0) is 16.6. The molecule has 6 heteroatoms. The van der Waals surface area contributed by atoms with E-state index in [1.54, 1.807) is 23.6 Å². The van der Waals surface area contributed by atoms with Crippen molar-refractivity contribution in [2.45, 2.75) is 12.7 Å². The minimum absolute atomic E-state index is 0.00439. The number of fused-ring (bicyclic) bond motifs is 1. The van der Waals surface area contributed by atoms with Gasteiger partial charge in [0.15, 0.2) is 5.65 Å². The smallest absolute Gasteiger partial charge is 0.264 e. The van der Waals surface area contributed by atoms with Crippen LogP contribution in [0.4, 0.5) is 5.95 Å². The van der Waals surface area contributed by atoms with E-state index in [0.29, 0.717) is 11.3 Å². The van der Waals surface area contributed by atoms with E-state index < -0.39 is 0 Å². The second kappa shape index (κ2) is 6.12. The summed E-state index contributed by atoms with van der Waals surface area (Å²) in [6, 6.07) is 10.3. The molecule has 0 unspecified atom stereocenters. The Kier molecular flexibility index (Phi) is 4.17. The van der Waals surface area contributed by atoms with Crippen LogP contribution >= 0.6 is 11.9 Å². The Hall–Kier alpha value is -2.21. The van der Waals surface area contributed by atoms with Crippen molar-refractivity contribution in [2.75, 3.05) is 19.0 Å². The molecule has 23 heavy (non-hydrogen) atoms. The van der Waals surface area contributed by atoms with Gasteiger partial charge in [0.2, 0.25) is 5.95 Å². The third-order valence-corrected chi connectivity index (χ3v) is 4.79. The maximum Gasteiger partial charge on any atom is 0.264 e. The lowest BCUT2D eigenvalue weighted by molar-refractivity contribution is 0.808. The molecule has 0 N–H and O–H groups in total. The summed E-state index contributed by atoms with van der Waals surface area (Å²) in [5.41, 5.74) is 2.93. The predicted molar refractivity (Wildman–Crippen MR) is 97.2 cm³/mol. The molecule has 0 fully saturated rings. The van der Waals surface area contributed by atoms with Crippen molar-refractivity contribution in [2.24, 2.45) is 7.05 Å². The fourth-order valence-corrected chi connectivity index (χ4v) is 3.57. The molecule has 0 aliphatic heterocycles. The van der Waals surface area contributed by atoms with Crippen LogP contribution in [0.2, 0.25) is 0 Å². The van der Waals surface area contributed by atoms with Crippen LogP contribution in [0, 0.1) is 6.92 Å². The quantitative estimate of drug-likeness (QED) is 0.739. The molecule has 0 atom stereocenters. The summed E-state index contributed by atoms with van der Waals surface area (Å²) in [6.45, 7) is 1.96. The lowest BCUT2D eigenvalue weighted by atomic mass is 10.2. The molecule has 0 amide bonds. The molecule has 0 radical (unpaired) electrons. The first-order valence-electron chi connectivity index (χ1n) is 7.42. The Morgan fingerprint density at radius 1 is 1.22 bits per heavy atom. The summed E-state index contributed by atoms with van der Waals surface area (Å²) in [7, 11) is 5.55. The number of rotatable bonds is 4. The average molecular weight is 328 g/mol. The first kappa shape index (κ1) is 15.7. The van der Waals surface area contributed by atoms with Gasteiger partial charge < -0.3 is 4.90 Å². The molecule has 0 saturated heterocycles. The number of nitrogens with zero attached hydrogens (tertiary/aromatic N) is 4. The van der Waals surface area contributed by atoms with Gasteiger partial charge >= 0.3 is 0 Å². The van der Waals surface area contributed by atoms with E-state index in [1.807, 2.05) is 54.3 Å². The van der Waals surface area contributed by atoms with Crippen molar-refractivity contribution in [3.8, 4) is 0 Å². The molecule has 3 rings (SSSR count). The topological polar surface area (TPSA) is 43.1 Å². The Bertz CT molecular complexity index is 896. The zero-order valence-corrected chi connectivity index (χ0v) is 14.6. The number of hydrogen-bond donors (Lipinski definition) is 0. The first-order chi connectivity index (χ1) is 11.0. The molecule has 0 spiro atoms. The van der Waals surface area contributed by atoms with Crippen LogP contribution in [0.15, 0.2) is 41.3 Å². The van der Waals surface area contributed by atoms with Crippen molar-refractivity contribution < 1.29 is 0 Å². The van der Waals surface area contributed by atoms with Crippen molar-refractivity contribution in [3.63, 3.8) is 0 Å². The second-order valence-corrected chi connectivity index (χ2v) is 6.71. The molecule has 0 aliphatic rings. The Labute approximate surface area is 139 Å². The lowest BCUT2D eigenvalue weighted by Gasteiger charge is -2.15. The van der Waals surface area contributed by atoms with E-state index in [0.717, 1.165) is 17.0 Å². The van der Waals surface area contributed by atoms with Gasteiger partial charge in [0.1, 0.15) is 0 Å². The maximum atomic E-state index is 12.6. The number of hydrogen-bond acceptors (Lipinski definition) is 4. The fraction of sp³-hybridized carbons (Fsp3) is 0.294. The molecular weight excluding hydrogens is 308 g/mol. The molecule has 2 heterocycles. The molecule has 120 valence electrons. The van der Waals surface area contributed by atoms with Gasteiger partial charge in [-0.1, -0.05) is 30.3 Å². The largest absolute Gasteiger partial charge is 0.348 e. The van der Waals surface area contributed by atoms with E-state index in [-0.39, 0.29) is 5.56 Å². The molecule has 2 aromatic heterocycles. The lowest BCUT2D eigenvalue weighted by Crippen LogP contribution is -2.26. The van der Waals surface area contributed by atoms with Gasteiger partial charge in [0.05, 0.1) is 5.39 Å². The molecule has 1 aromatic carbocycles. The van der Waals surface area contributed by atoms with Gasteiger partial charge in [-0.2, -0.15) is 4.98 Å². The highest BCUT2D eigenvalue weighted by Crippen LogP contribution is 2.24. The van der Waals surface area contributed by atoms with E-state index >= 15 is 0 Å². The van der Waals surface area contributed by atoms with Crippen LogP contribution < -0.4 is 10.5 Å². The van der Waals surface area contributed by atoms with Crippen molar-refractivity contribution in [1.29, 1.82) is 0 Å². The highest BCUT2D eigenvalue weighted by atomic mass is 32.2. The normalized spacial score (nSPS) is 11.1. The van der Waals surface area contributed by atoms with Crippen LogP contribution in [0.1, 0.15) is 11.1 Å². The van der Waals surface area contributed by atoms with Crippen LogP contribution in [0.3, 0.4) is 0 Å².